The number of anilines is 1. The molecule has 0 aliphatic carbocycles. The van der Waals surface area contributed by atoms with E-state index < -0.39 is 31.7 Å². The monoisotopic (exact) mass is 381 g/mol. The van der Waals surface area contributed by atoms with Crippen LogP contribution in [0.1, 0.15) is 5.56 Å². The second kappa shape index (κ2) is 6.27. The number of benzene rings is 2. The number of rotatable bonds is 4. The molecule has 1 aliphatic heterocycles. The molecule has 0 spiro atoms. The Morgan fingerprint density at radius 3 is 2.36 bits per heavy atom. The van der Waals surface area contributed by atoms with Gasteiger partial charge in [-0.1, -0.05) is 23.8 Å². The molecule has 0 N–H and O–H groups in total. The number of sulfonamides is 1. The number of nitrogens with zero attached hydrogens (tertiary/aromatic N) is 1. The Morgan fingerprint density at radius 1 is 1.12 bits per heavy atom. The minimum absolute atomic E-state index is 0.0139. The van der Waals surface area contributed by atoms with Gasteiger partial charge in [0.2, 0.25) is 0 Å². The fraction of sp³-hybridized carbons (Fsp3) is 0.176. The maximum atomic E-state index is 13.7. The molecule has 0 saturated carbocycles. The molecule has 132 valence electrons. The summed E-state index contributed by atoms with van der Waals surface area (Å²) < 4.78 is 64.4. The zero-order chi connectivity index (χ0) is 18.2. The van der Waals surface area contributed by atoms with Gasteiger partial charge in [-0.25, -0.2) is 21.2 Å². The maximum absolute atomic E-state index is 13.7. The summed E-state index contributed by atoms with van der Waals surface area (Å²) in [4.78, 5) is 0.0139. The first-order valence-electron chi connectivity index (χ1n) is 7.47. The van der Waals surface area contributed by atoms with Gasteiger partial charge >= 0.3 is 0 Å². The lowest BCUT2D eigenvalue weighted by molar-refractivity contribution is 0.586. The summed E-state index contributed by atoms with van der Waals surface area (Å²) in [6, 6.07) is 10.4. The van der Waals surface area contributed by atoms with Gasteiger partial charge < -0.3 is 0 Å². The van der Waals surface area contributed by atoms with Crippen molar-refractivity contribution in [1.82, 2.24) is 0 Å². The highest BCUT2D eigenvalue weighted by Gasteiger charge is 2.36. The fourth-order valence-corrected chi connectivity index (χ4v) is 5.61. The van der Waals surface area contributed by atoms with Gasteiger partial charge in [0.05, 0.1) is 22.4 Å². The molecule has 0 saturated heterocycles. The number of halogens is 1. The number of sulfone groups is 1. The molecule has 1 atom stereocenters. The van der Waals surface area contributed by atoms with Gasteiger partial charge in [-0.15, -0.1) is 0 Å². The van der Waals surface area contributed by atoms with Gasteiger partial charge in [0, 0.05) is 5.41 Å². The highest BCUT2D eigenvalue weighted by Crippen LogP contribution is 2.30. The lowest BCUT2D eigenvalue weighted by atomic mass is 10.2. The Kier molecular flexibility index (Phi) is 4.42. The molecule has 5 nitrogen and oxygen atoms in total. The average molecular weight is 381 g/mol. The van der Waals surface area contributed by atoms with E-state index in [2.05, 4.69) is 0 Å². The Morgan fingerprint density at radius 2 is 1.80 bits per heavy atom. The lowest BCUT2D eigenvalue weighted by Gasteiger charge is -2.29. The zero-order valence-electron chi connectivity index (χ0n) is 13.3. The van der Waals surface area contributed by atoms with E-state index >= 15 is 0 Å². The predicted molar refractivity (Wildman–Crippen MR) is 94.0 cm³/mol. The maximum Gasteiger partial charge on any atom is 0.264 e. The topological polar surface area (TPSA) is 71.5 Å². The standard InChI is InChI=1S/C17H16FNO4S2/c1-13-5-7-17(8-6-13)25(22,23)19(15-4-2-3-14(18)11-15)16-9-10-24(20,21)12-16/h2-11,16H,12H2,1H3. The molecular formula is C17H16FNO4S2. The van der Waals surface area contributed by atoms with E-state index in [9.17, 15) is 21.2 Å². The van der Waals surface area contributed by atoms with E-state index in [0.717, 1.165) is 21.3 Å². The summed E-state index contributed by atoms with van der Waals surface area (Å²) in [7, 11) is -7.56. The number of hydrogen-bond donors (Lipinski definition) is 0. The van der Waals surface area contributed by atoms with Gasteiger partial charge in [-0.3, -0.25) is 4.31 Å². The van der Waals surface area contributed by atoms with Crippen LogP contribution in [0.4, 0.5) is 10.1 Å². The first kappa shape index (κ1) is 17.6. The minimum Gasteiger partial charge on any atom is -0.258 e. The third-order valence-electron chi connectivity index (χ3n) is 3.85. The molecule has 0 fully saturated rings. The van der Waals surface area contributed by atoms with Crippen LogP contribution in [0.25, 0.3) is 0 Å². The van der Waals surface area contributed by atoms with Gasteiger partial charge in [0.25, 0.3) is 10.0 Å². The van der Waals surface area contributed by atoms with E-state index in [1.165, 1.54) is 36.4 Å². The Labute approximate surface area is 146 Å². The van der Waals surface area contributed by atoms with E-state index in [4.69, 9.17) is 0 Å². The van der Waals surface area contributed by atoms with Crippen LogP contribution in [-0.2, 0) is 19.9 Å². The van der Waals surface area contributed by atoms with Crippen molar-refractivity contribution in [3.05, 3.63) is 71.4 Å². The number of aryl methyl sites for hydroxylation is 1. The Balaban J connectivity index is 2.14. The van der Waals surface area contributed by atoms with Gasteiger partial charge in [0.15, 0.2) is 9.84 Å². The summed E-state index contributed by atoms with van der Waals surface area (Å²) in [5.41, 5.74) is 0.965. The van der Waals surface area contributed by atoms with E-state index in [1.54, 1.807) is 12.1 Å². The SMILES string of the molecule is Cc1ccc(S(=O)(=O)N(c2cccc(F)c2)C2C=CS(=O)(=O)C2)cc1. The van der Waals surface area contributed by atoms with Gasteiger partial charge in [-0.2, -0.15) is 0 Å². The average Bonchev–Trinajstić information content (AvgIpc) is 2.87. The molecule has 0 radical (unpaired) electrons. The van der Waals surface area contributed by atoms with Crippen LogP contribution in [0, 0.1) is 12.7 Å². The van der Waals surface area contributed by atoms with Crippen LogP contribution in [0.2, 0.25) is 0 Å². The molecule has 2 aromatic carbocycles. The molecule has 1 heterocycles. The van der Waals surface area contributed by atoms with Crippen molar-refractivity contribution in [2.45, 2.75) is 17.9 Å². The van der Waals surface area contributed by atoms with Crippen molar-refractivity contribution in [3.8, 4) is 0 Å². The molecule has 0 aromatic heterocycles. The highest BCUT2D eigenvalue weighted by molar-refractivity contribution is 7.95. The summed E-state index contributed by atoms with van der Waals surface area (Å²) in [6.45, 7) is 1.83. The van der Waals surface area contributed by atoms with Crippen molar-refractivity contribution in [1.29, 1.82) is 0 Å². The van der Waals surface area contributed by atoms with Crippen molar-refractivity contribution < 1.29 is 21.2 Å². The van der Waals surface area contributed by atoms with Crippen LogP contribution >= 0.6 is 0 Å². The van der Waals surface area contributed by atoms with Gasteiger partial charge in [0.1, 0.15) is 5.82 Å². The second-order valence-corrected chi connectivity index (χ2v) is 9.57. The van der Waals surface area contributed by atoms with Crippen LogP contribution < -0.4 is 4.31 Å². The van der Waals surface area contributed by atoms with Crippen molar-refractivity contribution >= 4 is 25.5 Å². The molecule has 1 aliphatic rings. The van der Waals surface area contributed by atoms with Crippen LogP contribution in [-0.4, -0.2) is 28.6 Å². The van der Waals surface area contributed by atoms with Crippen molar-refractivity contribution in [2.24, 2.45) is 0 Å². The third-order valence-corrected chi connectivity index (χ3v) is 7.10. The largest absolute Gasteiger partial charge is 0.264 e. The molecule has 2 aromatic rings. The Hall–Kier alpha value is -2.19. The smallest absolute Gasteiger partial charge is 0.258 e. The molecule has 0 amide bonds. The first-order valence-corrected chi connectivity index (χ1v) is 10.6. The summed E-state index contributed by atoms with van der Waals surface area (Å²) >= 11 is 0. The second-order valence-electron chi connectivity index (χ2n) is 5.82. The molecule has 8 heteroatoms. The predicted octanol–water partition coefficient (Wildman–Crippen LogP) is 2.64. The van der Waals surface area contributed by atoms with E-state index in [0.29, 0.717) is 0 Å². The summed E-state index contributed by atoms with van der Waals surface area (Å²) in [6.07, 6.45) is 1.31. The molecule has 0 bridgehead atoms. The quantitative estimate of drug-likeness (QED) is 0.816. The van der Waals surface area contributed by atoms with Crippen LogP contribution in [0.3, 0.4) is 0 Å². The molecular weight excluding hydrogens is 365 g/mol. The summed E-state index contributed by atoms with van der Waals surface area (Å²) in [5, 5.41) is 0.995. The Bertz CT molecular complexity index is 1030. The zero-order valence-corrected chi connectivity index (χ0v) is 15.0. The van der Waals surface area contributed by atoms with Crippen molar-refractivity contribution in [3.63, 3.8) is 0 Å². The molecule has 3 rings (SSSR count). The first-order chi connectivity index (χ1) is 11.7. The highest BCUT2D eigenvalue weighted by atomic mass is 32.2. The lowest BCUT2D eigenvalue weighted by Crippen LogP contribution is -2.41. The number of hydrogen-bond acceptors (Lipinski definition) is 4. The van der Waals surface area contributed by atoms with Crippen LogP contribution in [0.15, 0.2) is 64.9 Å². The molecule has 25 heavy (non-hydrogen) atoms. The molecule has 1 unspecified atom stereocenters. The van der Waals surface area contributed by atoms with Gasteiger partial charge in [-0.05, 0) is 43.3 Å². The van der Waals surface area contributed by atoms with Crippen molar-refractivity contribution in [2.75, 3.05) is 10.1 Å². The van der Waals surface area contributed by atoms with Crippen LogP contribution in [0.5, 0.6) is 0 Å². The third kappa shape index (κ3) is 3.59. The van der Waals surface area contributed by atoms with E-state index in [-0.39, 0.29) is 16.3 Å². The van der Waals surface area contributed by atoms with E-state index in [1.807, 2.05) is 6.92 Å². The fourth-order valence-electron chi connectivity index (χ4n) is 2.65. The summed E-state index contributed by atoms with van der Waals surface area (Å²) in [5.74, 6) is -0.986. The minimum atomic E-state index is -4.07. The normalized spacial score (nSPS) is 19.0.